The van der Waals surface area contributed by atoms with Crippen molar-refractivity contribution in [1.29, 1.82) is 0 Å². The maximum absolute atomic E-state index is 11.2. The second kappa shape index (κ2) is 2.75. The number of hydrogen-bond donors (Lipinski definition) is 1. The molecule has 1 spiro atoms. The molecule has 2 saturated carbocycles. The largest absolute Gasteiger partial charge is 0.369 e. The third-order valence-corrected chi connectivity index (χ3v) is 3.64. The fourth-order valence-corrected chi connectivity index (χ4v) is 2.69. The molecule has 0 heterocycles. The molecule has 0 saturated heterocycles. The highest BCUT2D eigenvalue weighted by molar-refractivity contribution is 5.78. The Bertz CT molecular complexity index is 196. The lowest BCUT2D eigenvalue weighted by Gasteiger charge is -2.20. The molecule has 0 radical (unpaired) electrons. The van der Waals surface area contributed by atoms with Crippen LogP contribution in [0.5, 0.6) is 0 Å². The summed E-state index contributed by atoms with van der Waals surface area (Å²) in [6.45, 7) is 0. The van der Waals surface area contributed by atoms with Gasteiger partial charge in [0, 0.05) is 5.92 Å². The standard InChI is InChI=1S/C10H17NO/c11-9(12)8-4-2-1-3-5-10(8)6-7-10/h8H,1-7H2,(H2,11,12)/t8-/m1/s1. The lowest BCUT2D eigenvalue weighted by molar-refractivity contribution is -0.124. The molecule has 0 aromatic carbocycles. The number of carbonyl (C=O) groups is 1. The van der Waals surface area contributed by atoms with E-state index in [1.165, 1.54) is 38.5 Å². The predicted molar refractivity (Wildman–Crippen MR) is 47.4 cm³/mol. The highest BCUT2D eigenvalue weighted by Gasteiger charge is 2.51. The SMILES string of the molecule is NC(=O)[C@H]1CCCCCC12CC2. The van der Waals surface area contributed by atoms with Gasteiger partial charge in [-0.25, -0.2) is 0 Å². The van der Waals surface area contributed by atoms with Gasteiger partial charge in [0.1, 0.15) is 0 Å². The zero-order valence-corrected chi connectivity index (χ0v) is 7.51. The maximum atomic E-state index is 11.2. The summed E-state index contributed by atoms with van der Waals surface area (Å²) in [4.78, 5) is 11.2. The van der Waals surface area contributed by atoms with Gasteiger partial charge in [0.15, 0.2) is 0 Å². The van der Waals surface area contributed by atoms with Crippen molar-refractivity contribution in [3.8, 4) is 0 Å². The molecule has 0 unspecified atom stereocenters. The topological polar surface area (TPSA) is 43.1 Å². The normalized spacial score (nSPS) is 32.8. The van der Waals surface area contributed by atoms with Crippen LogP contribution in [0.3, 0.4) is 0 Å². The molecule has 2 heteroatoms. The van der Waals surface area contributed by atoms with E-state index in [9.17, 15) is 4.79 Å². The maximum Gasteiger partial charge on any atom is 0.221 e. The number of nitrogens with two attached hydrogens (primary N) is 1. The highest BCUT2D eigenvalue weighted by atomic mass is 16.1. The molecule has 2 nitrogen and oxygen atoms in total. The molecule has 0 bridgehead atoms. The summed E-state index contributed by atoms with van der Waals surface area (Å²) in [7, 11) is 0. The van der Waals surface area contributed by atoms with E-state index in [1.807, 2.05) is 0 Å². The molecule has 2 aliphatic carbocycles. The summed E-state index contributed by atoms with van der Waals surface area (Å²) in [5.41, 5.74) is 5.79. The van der Waals surface area contributed by atoms with E-state index < -0.39 is 0 Å². The van der Waals surface area contributed by atoms with Crippen LogP contribution >= 0.6 is 0 Å². The van der Waals surface area contributed by atoms with Gasteiger partial charge < -0.3 is 5.73 Å². The third kappa shape index (κ3) is 1.23. The fourth-order valence-electron chi connectivity index (χ4n) is 2.69. The van der Waals surface area contributed by atoms with Crippen molar-refractivity contribution in [2.75, 3.05) is 0 Å². The summed E-state index contributed by atoms with van der Waals surface area (Å²) in [5, 5.41) is 0. The van der Waals surface area contributed by atoms with Crippen LogP contribution in [0.25, 0.3) is 0 Å². The molecule has 2 N–H and O–H groups in total. The number of carbonyl (C=O) groups excluding carboxylic acids is 1. The molecule has 0 aromatic heterocycles. The van der Waals surface area contributed by atoms with Crippen LogP contribution in [0.4, 0.5) is 0 Å². The number of primary amides is 1. The molecule has 0 aliphatic heterocycles. The highest BCUT2D eigenvalue weighted by Crippen LogP contribution is 2.58. The number of hydrogen-bond acceptors (Lipinski definition) is 1. The second-order valence-corrected chi connectivity index (χ2v) is 4.42. The summed E-state index contributed by atoms with van der Waals surface area (Å²) in [6, 6.07) is 0. The lowest BCUT2D eigenvalue weighted by atomic mass is 9.84. The van der Waals surface area contributed by atoms with E-state index >= 15 is 0 Å². The Morgan fingerprint density at radius 3 is 2.50 bits per heavy atom. The second-order valence-electron chi connectivity index (χ2n) is 4.42. The monoisotopic (exact) mass is 167 g/mol. The van der Waals surface area contributed by atoms with Gasteiger partial charge in [-0.2, -0.15) is 0 Å². The quantitative estimate of drug-likeness (QED) is 0.636. The van der Waals surface area contributed by atoms with Gasteiger partial charge in [0.05, 0.1) is 0 Å². The first-order chi connectivity index (χ1) is 5.75. The van der Waals surface area contributed by atoms with E-state index in [0.29, 0.717) is 5.41 Å². The zero-order chi connectivity index (χ0) is 8.60. The minimum Gasteiger partial charge on any atom is -0.369 e. The van der Waals surface area contributed by atoms with E-state index in [4.69, 9.17) is 5.73 Å². The molecular weight excluding hydrogens is 150 g/mol. The number of rotatable bonds is 1. The fraction of sp³-hybridized carbons (Fsp3) is 0.900. The van der Waals surface area contributed by atoms with Crippen molar-refractivity contribution in [2.45, 2.75) is 44.9 Å². The molecular formula is C10H17NO. The van der Waals surface area contributed by atoms with Crippen LogP contribution in [0.2, 0.25) is 0 Å². The van der Waals surface area contributed by atoms with Crippen LogP contribution in [-0.4, -0.2) is 5.91 Å². The van der Waals surface area contributed by atoms with E-state index in [-0.39, 0.29) is 11.8 Å². The molecule has 0 aromatic rings. The van der Waals surface area contributed by atoms with Gasteiger partial charge in [-0.3, -0.25) is 4.79 Å². The minimum absolute atomic E-state index is 0.0469. The third-order valence-electron chi connectivity index (χ3n) is 3.64. The first-order valence-electron chi connectivity index (χ1n) is 5.04. The van der Waals surface area contributed by atoms with Crippen LogP contribution in [0.15, 0.2) is 0 Å². The van der Waals surface area contributed by atoms with Crippen molar-refractivity contribution in [3.63, 3.8) is 0 Å². The van der Waals surface area contributed by atoms with Gasteiger partial charge in [-0.1, -0.05) is 19.3 Å². The molecule has 2 fully saturated rings. The Morgan fingerprint density at radius 1 is 1.17 bits per heavy atom. The Morgan fingerprint density at radius 2 is 1.92 bits per heavy atom. The van der Waals surface area contributed by atoms with E-state index in [2.05, 4.69) is 0 Å². The lowest BCUT2D eigenvalue weighted by Crippen LogP contribution is -2.30. The van der Waals surface area contributed by atoms with Crippen molar-refractivity contribution in [3.05, 3.63) is 0 Å². The van der Waals surface area contributed by atoms with E-state index in [0.717, 1.165) is 6.42 Å². The summed E-state index contributed by atoms with van der Waals surface area (Å²) in [5.74, 6) is 0.161. The average Bonchev–Trinajstić information content (AvgIpc) is 2.80. The minimum atomic E-state index is -0.0469. The van der Waals surface area contributed by atoms with Gasteiger partial charge in [-0.15, -0.1) is 0 Å². The first kappa shape index (κ1) is 8.09. The van der Waals surface area contributed by atoms with Crippen molar-refractivity contribution >= 4 is 5.91 Å². The Labute approximate surface area is 73.5 Å². The Hall–Kier alpha value is -0.530. The summed E-state index contributed by atoms with van der Waals surface area (Å²) >= 11 is 0. The van der Waals surface area contributed by atoms with Crippen LogP contribution < -0.4 is 5.73 Å². The molecule has 12 heavy (non-hydrogen) atoms. The molecule has 2 rings (SSSR count). The predicted octanol–water partition coefficient (Wildman–Crippen LogP) is 1.83. The molecule has 2 aliphatic rings. The Balaban J connectivity index is 2.11. The van der Waals surface area contributed by atoms with E-state index in [1.54, 1.807) is 0 Å². The summed E-state index contributed by atoms with van der Waals surface area (Å²) in [6.07, 6.45) is 8.61. The van der Waals surface area contributed by atoms with Crippen molar-refractivity contribution in [1.82, 2.24) is 0 Å². The smallest absolute Gasteiger partial charge is 0.221 e. The van der Waals surface area contributed by atoms with Gasteiger partial charge >= 0.3 is 0 Å². The van der Waals surface area contributed by atoms with Crippen LogP contribution in [-0.2, 0) is 4.79 Å². The zero-order valence-electron chi connectivity index (χ0n) is 7.51. The van der Waals surface area contributed by atoms with Crippen molar-refractivity contribution in [2.24, 2.45) is 17.1 Å². The average molecular weight is 167 g/mol. The van der Waals surface area contributed by atoms with Crippen molar-refractivity contribution < 1.29 is 4.79 Å². The Kier molecular flexibility index (Phi) is 1.85. The van der Waals surface area contributed by atoms with Crippen LogP contribution in [0.1, 0.15) is 44.9 Å². The summed E-state index contributed by atoms with van der Waals surface area (Å²) < 4.78 is 0. The van der Waals surface area contributed by atoms with Gasteiger partial charge in [0.25, 0.3) is 0 Å². The molecule has 1 atom stereocenters. The number of amides is 1. The van der Waals surface area contributed by atoms with Gasteiger partial charge in [-0.05, 0) is 31.1 Å². The first-order valence-corrected chi connectivity index (χ1v) is 5.04. The molecule has 68 valence electrons. The molecule has 1 amide bonds. The van der Waals surface area contributed by atoms with Gasteiger partial charge in [0.2, 0.25) is 5.91 Å². The van der Waals surface area contributed by atoms with Crippen LogP contribution in [0, 0.1) is 11.3 Å².